The van der Waals surface area contributed by atoms with Gasteiger partial charge in [0.05, 0.1) is 13.2 Å². The zero-order valence-corrected chi connectivity index (χ0v) is 22.8. The van der Waals surface area contributed by atoms with Crippen molar-refractivity contribution in [1.29, 1.82) is 0 Å². The predicted molar refractivity (Wildman–Crippen MR) is 151 cm³/mol. The smallest absolute Gasteiger partial charge is 0.247 e. The molecule has 2 aromatic carbocycles. The lowest BCUT2D eigenvalue weighted by molar-refractivity contribution is -0.118. The zero-order chi connectivity index (χ0) is 26.3. The maximum atomic E-state index is 12.7. The molecule has 0 radical (unpaired) electrons. The van der Waals surface area contributed by atoms with Crippen LogP contribution in [0.15, 0.2) is 90.2 Å². The predicted octanol–water partition coefficient (Wildman–Crippen LogP) is 8.24. The van der Waals surface area contributed by atoms with Gasteiger partial charge in [-0.05, 0) is 86.3 Å². The molecule has 0 heterocycles. The average molecular weight is 484 g/mol. The van der Waals surface area contributed by atoms with Crippen LogP contribution in [0.5, 0.6) is 0 Å². The largest absolute Gasteiger partial charge is 0.497 e. The summed E-state index contributed by atoms with van der Waals surface area (Å²) in [6, 6.07) is 17.5. The molecular formula is C33H41NO2. The van der Waals surface area contributed by atoms with Crippen LogP contribution in [0.1, 0.15) is 81.7 Å². The third-order valence-corrected chi connectivity index (χ3v) is 7.65. The first kappa shape index (κ1) is 27.3. The van der Waals surface area contributed by atoms with Crippen molar-refractivity contribution < 1.29 is 9.53 Å². The molecule has 3 heteroatoms. The highest BCUT2D eigenvalue weighted by molar-refractivity contribution is 5.93. The van der Waals surface area contributed by atoms with E-state index in [1.165, 1.54) is 47.9 Å². The fourth-order valence-corrected chi connectivity index (χ4v) is 4.98. The maximum Gasteiger partial charge on any atom is 0.247 e. The lowest BCUT2D eigenvalue weighted by Gasteiger charge is -2.44. The van der Waals surface area contributed by atoms with E-state index in [0.29, 0.717) is 16.7 Å². The van der Waals surface area contributed by atoms with Crippen LogP contribution in [0.2, 0.25) is 0 Å². The van der Waals surface area contributed by atoms with Gasteiger partial charge in [-0.25, -0.2) is 0 Å². The minimum absolute atomic E-state index is 0.115. The fourth-order valence-electron chi connectivity index (χ4n) is 4.98. The third kappa shape index (κ3) is 6.26. The van der Waals surface area contributed by atoms with Gasteiger partial charge in [-0.3, -0.25) is 4.79 Å². The van der Waals surface area contributed by atoms with Crippen molar-refractivity contribution in [2.24, 2.45) is 5.41 Å². The number of benzene rings is 2. The van der Waals surface area contributed by atoms with Crippen molar-refractivity contribution in [2.75, 3.05) is 7.11 Å². The highest BCUT2D eigenvalue weighted by Crippen LogP contribution is 2.53. The first-order valence-corrected chi connectivity index (χ1v) is 13.0. The van der Waals surface area contributed by atoms with Crippen LogP contribution < -0.4 is 5.32 Å². The quantitative estimate of drug-likeness (QED) is 0.210. The Kier molecular flexibility index (Phi) is 9.14. The number of hydrogen-bond acceptors (Lipinski definition) is 2. The van der Waals surface area contributed by atoms with Crippen LogP contribution in [0.3, 0.4) is 0 Å². The molecule has 190 valence electrons. The van der Waals surface area contributed by atoms with Gasteiger partial charge in [0.15, 0.2) is 0 Å². The highest BCUT2D eigenvalue weighted by atomic mass is 16.5. The van der Waals surface area contributed by atoms with E-state index in [0.717, 1.165) is 5.56 Å². The van der Waals surface area contributed by atoms with Crippen molar-refractivity contribution in [2.45, 2.75) is 66.3 Å². The summed E-state index contributed by atoms with van der Waals surface area (Å²) in [7, 11) is 1.58. The Bertz CT molecular complexity index is 1150. The number of ether oxygens (including phenoxy) is 1. The molecule has 0 saturated heterocycles. The Morgan fingerprint density at radius 2 is 1.61 bits per heavy atom. The first-order chi connectivity index (χ1) is 17.3. The normalized spacial score (nSPS) is 16.1. The Balaban J connectivity index is 1.83. The van der Waals surface area contributed by atoms with Gasteiger partial charge in [-0.15, -0.1) is 0 Å². The van der Waals surface area contributed by atoms with E-state index >= 15 is 0 Å². The molecule has 0 aliphatic heterocycles. The van der Waals surface area contributed by atoms with Gasteiger partial charge in [-0.2, -0.15) is 0 Å². The van der Waals surface area contributed by atoms with Gasteiger partial charge in [0.1, 0.15) is 5.76 Å². The van der Waals surface area contributed by atoms with Gasteiger partial charge >= 0.3 is 0 Å². The Morgan fingerprint density at radius 1 is 1.06 bits per heavy atom. The summed E-state index contributed by atoms with van der Waals surface area (Å²) in [5.41, 5.74) is 8.84. The third-order valence-electron chi connectivity index (χ3n) is 7.65. The highest BCUT2D eigenvalue weighted by Gasteiger charge is 2.39. The van der Waals surface area contributed by atoms with E-state index in [2.05, 4.69) is 81.2 Å². The Morgan fingerprint density at radius 3 is 2.11 bits per heavy atom. The number of amides is 1. The van der Waals surface area contributed by atoms with Crippen molar-refractivity contribution in [1.82, 2.24) is 5.32 Å². The molecule has 0 bridgehead atoms. The summed E-state index contributed by atoms with van der Waals surface area (Å²) in [5, 5.41) is 3.10. The number of allylic oxidation sites excluding steroid dienone is 4. The molecule has 1 amide bonds. The fraction of sp³-hybridized carbons (Fsp3) is 0.364. The molecule has 0 aromatic heterocycles. The number of rotatable bonds is 10. The minimum Gasteiger partial charge on any atom is -0.497 e. The molecule has 36 heavy (non-hydrogen) atoms. The molecule has 3 nitrogen and oxygen atoms in total. The number of carbonyl (C=O) groups excluding carboxylic acids is 1. The number of methoxy groups -OCH3 is 1. The van der Waals surface area contributed by atoms with E-state index < -0.39 is 0 Å². The van der Waals surface area contributed by atoms with Crippen molar-refractivity contribution in [3.8, 4) is 0 Å². The SMILES string of the molecule is C=C/C=C(\C=C(/C)C(=O)NC(C)c1ccc(C(=C2CC(CC)(CC)C2)c2ccc(C)cc2)cc1)OC. The zero-order valence-electron chi connectivity index (χ0n) is 22.8. The maximum absolute atomic E-state index is 12.7. The van der Waals surface area contributed by atoms with Gasteiger partial charge in [0.2, 0.25) is 5.91 Å². The second-order valence-corrected chi connectivity index (χ2v) is 10.1. The number of nitrogens with one attached hydrogen (secondary N) is 1. The Labute approximate surface area is 217 Å². The lowest BCUT2D eigenvalue weighted by atomic mass is 9.60. The number of aryl methyl sites for hydroxylation is 1. The van der Waals surface area contributed by atoms with E-state index in [4.69, 9.17) is 4.74 Å². The second-order valence-electron chi connectivity index (χ2n) is 10.1. The number of carbonyl (C=O) groups is 1. The molecule has 3 rings (SSSR count). The molecule has 1 fully saturated rings. The van der Waals surface area contributed by atoms with Gasteiger partial charge < -0.3 is 10.1 Å². The van der Waals surface area contributed by atoms with Crippen molar-refractivity contribution in [3.05, 3.63) is 112 Å². The van der Waals surface area contributed by atoms with E-state index in [-0.39, 0.29) is 11.9 Å². The van der Waals surface area contributed by atoms with Crippen molar-refractivity contribution >= 4 is 11.5 Å². The van der Waals surface area contributed by atoms with Crippen molar-refractivity contribution in [3.63, 3.8) is 0 Å². The van der Waals surface area contributed by atoms with E-state index in [1.54, 1.807) is 37.8 Å². The topological polar surface area (TPSA) is 38.3 Å². The molecular weight excluding hydrogens is 442 g/mol. The molecule has 1 N–H and O–H groups in total. The summed E-state index contributed by atoms with van der Waals surface area (Å²) >= 11 is 0. The van der Waals surface area contributed by atoms with Gasteiger partial charge in [0.25, 0.3) is 0 Å². The summed E-state index contributed by atoms with van der Waals surface area (Å²) in [6.07, 6.45) is 9.89. The van der Waals surface area contributed by atoms with Gasteiger partial charge in [-0.1, -0.05) is 86.2 Å². The van der Waals surface area contributed by atoms with Crippen LogP contribution >= 0.6 is 0 Å². The monoisotopic (exact) mass is 483 g/mol. The molecule has 1 atom stereocenters. The standard InChI is InChI=1S/C33H41NO2/c1-8-11-30(36-7)20-24(5)32(35)34-25(6)26-16-18-28(19-17-26)31(27-14-12-23(4)13-15-27)29-21-33(9-2,10-3)22-29/h8,11-20,25H,1,9-10,21-22H2,2-7H3,(H,34,35)/b24-20+,30-11+. The van der Waals surface area contributed by atoms with Crippen LogP contribution in [0.4, 0.5) is 0 Å². The van der Waals surface area contributed by atoms with Gasteiger partial charge in [0, 0.05) is 5.57 Å². The average Bonchev–Trinajstić information content (AvgIpc) is 2.86. The van der Waals surface area contributed by atoms with Crippen LogP contribution in [0, 0.1) is 12.3 Å². The summed E-state index contributed by atoms with van der Waals surface area (Å²) in [4.78, 5) is 12.7. The molecule has 2 aromatic rings. The minimum atomic E-state index is -0.119. The summed E-state index contributed by atoms with van der Waals surface area (Å²) < 4.78 is 5.27. The lowest BCUT2D eigenvalue weighted by Crippen LogP contribution is -2.31. The molecule has 1 unspecified atom stereocenters. The molecule has 1 saturated carbocycles. The first-order valence-electron chi connectivity index (χ1n) is 13.0. The van der Waals surface area contributed by atoms with Crippen LogP contribution in [-0.2, 0) is 9.53 Å². The number of hydrogen-bond donors (Lipinski definition) is 1. The summed E-state index contributed by atoms with van der Waals surface area (Å²) in [6.45, 7) is 14.2. The van der Waals surface area contributed by atoms with E-state index in [1.807, 2.05) is 6.92 Å². The second kappa shape index (κ2) is 12.1. The van der Waals surface area contributed by atoms with E-state index in [9.17, 15) is 4.79 Å². The molecule has 1 aliphatic rings. The molecule has 0 spiro atoms. The Hall–Kier alpha value is -3.33. The summed E-state index contributed by atoms with van der Waals surface area (Å²) in [5.74, 6) is 0.475. The van der Waals surface area contributed by atoms with Crippen LogP contribution in [-0.4, -0.2) is 13.0 Å². The molecule has 1 aliphatic carbocycles. The van der Waals surface area contributed by atoms with Crippen LogP contribution in [0.25, 0.3) is 5.57 Å².